The Morgan fingerprint density at radius 1 is 1.18 bits per heavy atom. The van der Waals surface area contributed by atoms with E-state index < -0.39 is 59.7 Å². The first-order chi connectivity index (χ1) is 17.5. The van der Waals surface area contributed by atoms with E-state index in [-0.39, 0.29) is 23.9 Å². The molecule has 208 valence electrons. The van der Waals surface area contributed by atoms with Crippen LogP contribution in [-0.2, 0) is 30.1 Å². The zero-order valence-electron chi connectivity index (χ0n) is 23.3. The molecule has 9 nitrogen and oxygen atoms in total. The number of benzene rings is 1. The number of nitrogens with two attached hydrogens (primary N) is 1. The summed E-state index contributed by atoms with van der Waals surface area (Å²) in [5, 5.41) is 2.68. The van der Waals surface area contributed by atoms with Crippen LogP contribution in [0, 0.1) is 11.7 Å². The molecule has 0 radical (unpaired) electrons. The molecule has 3 N–H and O–H groups in total. The van der Waals surface area contributed by atoms with E-state index in [4.69, 9.17) is 19.8 Å². The van der Waals surface area contributed by atoms with Crippen molar-refractivity contribution in [2.45, 2.75) is 109 Å². The second-order valence-corrected chi connectivity index (χ2v) is 12.7. The van der Waals surface area contributed by atoms with Gasteiger partial charge in [0.2, 0.25) is 11.8 Å². The first-order valence-corrected chi connectivity index (χ1v) is 13.2. The van der Waals surface area contributed by atoms with Crippen molar-refractivity contribution in [1.82, 2.24) is 10.2 Å². The van der Waals surface area contributed by atoms with Gasteiger partial charge in [-0.25, -0.2) is 9.18 Å². The number of piperidine rings is 1. The van der Waals surface area contributed by atoms with Crippen LogP contribution in [0.3, 0.4) is 0 Å². The number of rotatable bonds is 6. The number of nitrogens with one attached hydrogen (secondary N) is 1. The lowest BCUT2D eigenvalue weighted by atomic mass is 9.78. The molecule has 1 aliphatic carbocycles. The molecule has 2 heterocycles. The van der Waals surface area contributed by atoms with Crippen molar-refractivity contribution in [3.63, 3.8) is 0 Å². The SMILES string of the molecule is CC(C)(C)OC(=O)N1[C@@H]2CC[C@@H](C2)[C@H]1C(=O)N[C@@H](Cc1ccc(B2OC(C)(C)C(C)(C)O2)cc1F)C(N)=O. The number of primary amides is 1. The summed E-state index contributed by atoms with van der Waals surface area (Å²) in [5.74, 6) is -1.87. The van der Waals surface area contributed by atoms with Crippen molar-refractivity contribution in [1.29, 1.82) is 0 Å². The Morgan fingerprint density at radius 3 is 2.37 bits per heavy atom. The monoisotopic (exact) mass is 531 g/mol. The number of nitrogens with zero attached hydrogens (tertiary/aromatic N) is 1. The van der Waals surface area contributed by atoms with Crippen LogP contribution in [-0.4, -0.2) is 64.9 Å². The van der Waals surface area contributed by atoms with E-state index in [1.807, 2.05) is 27.7 Å². The van der Waals surface area contributed by atoms with Crippen LogP contribution in [0.25, 0.3) is 0 Å². The fourth-order valence-corrected chi connectivity index (χ4v) is 5.46. The molecule has 0 aromatic heterocycles. The average molecular weight is 531 g/mol. The number of ether oxygens (including phenoxy) is 1. The highest BCUT2D eigenvalue weighted by molar-refractivity contribution is 6.62. The maximum absolute atomic E-state index is 15.2. The summed E-state index contributed by atoms with van der Waals surface area (Å²) in [6.45, 7) is 13.0. The summed E-state index contributed by atoms with van der Waals surface area (Å²) in [7, 11) is -0.730. The minimum Gasteiger partial charge on any atom is -0.444 e. The van der Waals surface area contributed by atoms with Crippen LogP contribution in [0.5, 0.6) is 0 Å². The van der Waals surface area contributed by atoms with E-state index in [1.165, 1.54) is 11.0 Å². The number of likely N-dealkylation sites (tertiary alicyclic amines) is 1. The van der Waals surface area contributed by atoms with E-state index >= 15 is 4.39 Å². The van der Waals surface area contributed by atoms with Crippen LogP contribution in [0.4, 0.5) is 9.18 Å². The minimum absolute atomic E-state index is 0.0306. The lowest BCUT2D eigenvalue weighted by Gasteiger charge is -2.36. The quantitative estimate of drug-likeness (QED) is 0.545. The third kappa shape index (κ3) is 5.54. The molecule has 3 fully saturated rings. The Kier molecular flexibility index (Phi) is 7.33. The first-order valence-electron chi connectivity index (χ1n) is 13.2. The molecule has 0 spiro atoms. The molecule has 2 bridgehead atoms. The van der Waals surface area contributed by atoms with E-state index in [0.717, 1.165) is 12.8 Å². The van der Waals surface area contributed by atoms with Crippen LogP contribution in [0.15, 0.2) is 18.2 Å². The van der Waals surface area contributed by atoms with Crippen molar-refractivity contribution >= 4 is 30.5 Å². The number of amides is 3. The van der Waals surface area contributed by atoms with Gasteiger partial charge in [0.05, 0.1) is 11.2 Å². The molecule has 1 saturated carbocycles. The Labute approximate surface area is 224 Å². The molecular formula is C27H39BFN3O6. The first kappa shape index (κ1) is 28.4. The molecule has 38 heavy (non-hydrogen) atoms. The van der Waals surface area contributed by atoms with Crippen LogP contribution < -0.4 is 16.5 Å². The molecule has 3 amide bonds. The second-order valence-electron chi connectivity index (χ2n) is 12.7. The van der Waals surface area contributed by atoms with Gasteiger partial charge >= 0.3 is 13.2 Å². The van der Waals surface area contributed by atoms with Crippen molar-refractivity contribution < 1.29 is 32.8 Å². The zero-order chi connectivity index (χ0) is 28.2. The summed E-state index contributed by atoms with van der Waals surface area (Å²) >= 11 is 0. The molecule has 2 saturated heterocycles. The van der Waals surface area contributed by atoms with Gasteiger partial charge in [-0.3, -0.25) is 14.5 Å². The molecule has 11 heteroatoms. The van der Waals surface area contributed by atoms with Crippen molar-refractivity contribution in [3.8, 4) is 0 Å². The fraction of sp³-hybridized carbons (Fsp3) is 0.667. The van der Waals surface area contributed by atoms with Crippen molar-refractivity contribution in [2.75, 3.05) is 0 Å². The predicted molar refractivity (Wildman–Crippen MR) is 140 cm³/mol. The standard InChI is InChI=1S/C27H39BFN3O6/c1-25(2,3)36-24(35)32-18-11-9-16(12-18)21(32)23(34)31-20(22(30)33)13-15-8-10-17(14-19(15)29)28-37-26(4,5)27(6,7)38-28/h8,10,14,16,18,20-21H,9,11-13H2,1-7H3,(H2,30,33)(H,31,34)/t16-,18+,20-,21-/m0/s1. The molecule has 4 rings (SSSR count). The molecule has 4 atom stereocenters. The van der Waals surface area contributed by atoms with Crippen LogP contribution in [0.2, 0.25) is 0 Å². The zero-order valence-corrected chi connectivity index (χ0v) is 23.3. The molecule has 0 unspecified atom stereocenters. The number of hydrogen-bond donors (Lipinski definition) is 2. The van der Waals surface area contributed by atoms with Crippen molar-refractivity contribution in [2.24, 2.45) is 11.7 Å². The van der Waals surface area contributed by atoms with Crippen LogP contribution in [0.1, 0.15) is 73.3 Å². The Morgan fingerprint density at radius 2 is 1.82 bits per heavy atom. The van der Waals surface area contributed by atoms with Gasteiger partial charge in [-0.05, 0) is 90.7 Å². The number of carbonyl (C=O) groups is 3. The van der Waals surface area contributed by atoms with E-state index in [9.17, 15) is 14.4 Å². The normalized spacial score (nSPS) is 26.4. The largest absolute Gasteiger partial charge is 0.494 e. The molecule has 1 aromatic rings. The third-order valence-electron chi connectivity index (χ3n) is 8.14. The second kappa shape index (κ2) is 9.82. The predicted octanol–water partition coefficient (Wildman–Crippen LogP) is 2.43. The smallest absolute Gasteiger partial charge is 0.444 e. The summed E-state index contributed by atoms with van der Waals surface area (Å²) in [6, 6.07) is 2.54. The van der Waals surface area contributed by atoms with Gasteiger partial charge in [0.1, 0.15) is 23.5 Å². The number of halogens is 1. The van der Waals surface area contributed by atoms with E-state index in [2.05, 4.69) is 5.32 Å². The van der Waals surface area contributed by atoms with Crippen molar-refractivity contribution in [3.05, 3.63) is 29.6 Å². The van der Waals surface area contributed by atoms with Gasteiger partial charge in [0, 0.05) is 12.5 Å². The van der Waals surface area contributed by atoms with Gasteiger partial charge < -0.3 is 25.1 Å². The van der Waals surface area contributed by atoms with Crippen LogP contribution >= 0.6 is 0 Å². The van der Waals surface area contributed by atoms with E-state index in [1.54, 1.807) is 32.9 Å². The highest BCUT2D eigenvalue weighted by atomic mass is 19.1. The Hall–Kier alpha value is -2.66. The highest BCUT2D eigenvalue weighted by Gasteiger charge is 2.53. The van der Waals surface area contributed by atoms with Gasteiger partial charge in [-0.1, -0.05) is 12.1 Å². The summed E-state index contributed by atoms with van der Waals surface area (Å²) in [5.41, 5.74) is 4.48. The molecule has 1 aromatic carbocycles. The number of fused-ring (bicyclic) bond motifs is 2. The third-order valence-corrected chi connectivity index (χ3v) is 8.14. The lowest BCUT2D eigenvalue weighted by Crippen LogP contribution is -2.57. The summed E-state index contributed by atoms with van der Waals surface area (Å²) in [4.78, 5) is 40.0. The maximum Gasteiger partial charge on any atom is 0.494 e. The topological polar surface area (TPSA) is 120 Å². The molecular weight excluding hydrogens is 492 g/mol. The van der Waals surface area contributed by atoms with Gasteiger partial charge in [-0.2, -0.15) is 0 Å². The van der Waals surface area contributed by atoms with E-state index in [0.29, 0.717) is 11.9 Å². The molecule has 3 aliphatic rings. The maximum atomic E-state index is 15.2. The Balaban J connectivity index is 1.47. The van der Waals surface area contributed by atoms with Gasteiger partial charge in [0.15, 0.2) is 0 Å². The average Bonchev–Trinajstić information content (AvgIpc) is 3.44. The van der Waals surface area contributed by atoms with Gasteiger partial charge in [0.25, 0.3) is 0 Å². The Bertz CT molecular complexity index is 1100. The number of hydrogen-bond acceptors (Lipinski definition) is 6. The highest BCUT2D eigenvalue weighted by Crippen LogP contribution is 2.43. The molecule has 2 aliphatic heterocycles. The number of carbonyl (C=O) groups excluding carboxylic acids is 3. The summed E-state index contributed by atoms with van der Waals surface area (Å²) in [6.07, 6.45) is 1.62. The lowest BCUT2D eigenvalue weighted by molar-refractivity contribution is -0.132. The van der Waals surface area contributed by atoms with Gasteiger partial charge in [-0.15, -0.1) is 0 Å². The minimum atomic E-state index is -1.15. The fourth-order valence-electron chi connectivity index (χ4n) is 5.46. The summed E-state index contributed by atoms with van der Waals surface area (Å²) < 4.78 is 32.7.